The molecule has 6 heteroatoms. The monoisotopic (exact) mass is 511 g/mol. The van der Waals surface area contributed by atoms with E-state index in [0.29, 0.717) is 19.3 Å². The molecule has 0 radical (unpaired) electrons. The van der Waals surface area contributed by atoms with Gasteiger partial charge < -0.3 is 20.0 Å². The van der Waals surface area contributed by atoms with E-state index in [1.165, 1.54) is 89.9 Å². The Labute approximate surface area is 222 Å². The Morgan fingerprint density at radius 3 is 1.72 bits per heavy atom. The summed E-state index contributed by atoms with van der Waals surface area (Å²) in [5.74, 6) is -0.344. The molecule has 212 valence electrons. The zero-order valence-electron chi connectivity index (χ0n) is 23.7. The summed E-state index contributed by atoms with van der Waals surface area (Å²) in [6.45, 7) is 6.57. The average Bonchev–Trinajstić information content (AvgIpc) is 2.86. The second kappa shape index (κ2) is 31.3. The molecule has 6 nitrogen and oxygen atoms in total. The molecule has 0 aromatic carbocycles. The Bertz CT molecular complexity index is 521. The minimum Gasteiger partial charge on any atom is -0.466 e. The zero-order valence-corrected chi connectivity index (χ0v) is 23.7. The van der Waals surface area contributed by atoms with Crippen LogP contribution in [0.15, 0.2) is 12.2 Å². The molecule has 0 aliphatic carbocycles. The van der Waals surface area contributed by atoms with Gasteiger partial charge in [0.2, 0.25) is 5.91 Å². The van der Waals surface area contributed by atoms with Crippen LogP contribution in [0.3, 0.4) is 0 Å². The number of carbonyl (C=O) groups is 3. The normalized spacial score (nSPS) is 11.6. The summed E-state index contributed by atoms with van der Waals surface area (Å²) in [6, 6.07) is 0. The molecule has 0 aromatic heterocycles. The van der Waals surface area contributed by atoms with E-state index >= 15 is 0 Å². The Morgan fingerprint density at radius 1 is 0.722 bits per heavy atom. The van der Waals surface area contributed by atoms with E-state index < -0.39 is 6.23 Å². The highest BCUT2D eigenvalue weighted by molar-refractivity contribution is 5.76. The Morgan fingerprint density at radius 2 is 1.22 bits per heavy atom. The number of nitrogens with one attached hydrogen (secondary N) is 1. The van der Waals surface area contributed by atoms with Gasteiger partial charge in [-0.2, -0.15) is 0 Å². The largest absolute Gasteiger partial charge is 0.466 e. The molecule has 0 aliphatic heterocycles. The van der Waals surface area contributed by atoms with Crippen molar-refractivity contribution in [1.29, 1.82) is 0 Å². The first-order chi connectivity index (χ1) is 17.5. The lowest BCUT2D eigenvalue weighted by Crippen LogP contribution is -2.32. The van der Waals surface area contributed by atoms with Crippen molar-refractivity contribution in [3.8, 4) is 0 Å². The van der Waals surface area contributed by atoms with Crippen molar-refractivity contribution in [2.45, 2.75) is 155 Å². The average molecular weight is 512 g/mol. The second-order valence-electron chi connectivity index (χ2n) is 9.44. The molecule has 0 rings (SSSR count). The van der Waals surface area contributed by atoms with Gasteiger partial charge in [0, 0.05) is 12.8 Å². The lowest BCUT2D eigenvalue weighted by Gasteiger charge is -2.08. The summed E-state index contributed by atoms with van der Waals surface area (Å²) < 4.78 is 4.55. The molecule has 0 saturated heterocycles. The highest BCUT2D eigenvalue weighted by Gasteiger charge is 2.05. The highest BCUT2D eigenvalue weighted by Crippen LogP contribution is 2.12. The minimum absolute atomic E-state index is 0.0432. The number of hydrogen-bond acceptors (Lipinski definition) is 5. The minimum atomic E-state index is -0.833. The number of allylic oxidation sites excluding steroid dienone is 1. The summed E-state index contributed by atoms with van der Waals surface area (Å²) in [7, 11) is 0. The predicted octanol–water partition coefficient (Wildman–Crippen LogP) is 7.57. The van der Waals surface area contributed by atoms with Gasteiger partial charge in [-0.3, -0.25) is 9.59 Å². The van der Waals surface area contributed by atoms with Crippen molar-refractivity contribution in [3.63, 3.8) is 0 Å². The number of carbonyl (C=O) groups excluding carboxylic acids is 3. The molecule has 36 heavy (non-hydrogen) atoms. The fourth-order valence-corrected chi connectivity index (χ4v) is 3.74. The summed E-state index contributed by atoms with van der Waals surface area (Å²) in [5.41, 5.74) is 0. The zero-order chi connectivity index (χ0) is 27.1. The van der Waals surface area contributed by atoms with Crippen LogP contribution in [0.25, 0.3) is 0 Å². The Hall–Kier alpha value is -1.69. The molecule has 0 saturated carbocycles. The molecular weight excluding hydrogens is 454 g/mol. The van der Waals surface area contributed by atoms with Gasteiger partial charge in [0.25, 0.3) is 0 Å². The highest BCUT2D eigenvalue weighted by atomic mass is 16.5. The molecule has 0 aromatic rings. The molecule has 1 atom stereocenters. The van der Waals surface area contributed by atoms with E-state index in [1.807, 2.05) is 6.08 Å². The number of rotatable bonds is 24. The van der Waals surface area contributed by atoms with Crippen molar-refractivity contribution in [2.24, 2.45) is 0 Å². The van der Waals surface area contributed by atoms with Crippen LogP contribution >= 0.6 is 0 Å². The quantitative estimate of drug-likeness (QED) is 0.0458. The van der Waals surface area contributed by atoms with Gasteiger partial charge in [0.15, 0.2) is 0 Å². The van der Waals surface area contributed by atoms with Gasteiger partial charge in [0.05, 0.1) is 13.0 Å². The van der Waals surface area contributed by atoms with E-state index in [1.54, 1.807) is 13.0 Å². The predicted molar refractivity (Wildman–Crippen MR) is 150 cm³/mol. The summed E-state index contributed by atoms with van der Waals surface area (Å²) in [6.07, 6.45) is 26.1. The number of esters is 1. The van der Waals surface area contributed by atoms with E-state index in [9.17, 15) is 19.5 Å². The van der Waals surface area contributed by atoms with Crippen LogP contribution in [0, 0.1) is 0 Å². The smallest absolute Gasteiger partial charge is 0.306 e. The fraction of sp³-hybridized carbons (Fsp3) is 0.833. The van der Waals surface area contributed by atoms with Gasteiger partial charge in [-0.25, -0.2) is 0 Å². The molecule has 1 amide bonds. The van der Waals surface area contributed by atoms with Gasteiger partial charge in [-0.1, -0.05) is 110 Å². The van der Waals surface area contributed by atoms with Gasteiger partial charge in [0.1, 0.15) is 12.5 Å². The van der Waals surface area contributed by atoms with Crippen molar-refractivity contribution in [3.05, 3.63) is 12.2 Å². The summed E-state index contributed by atoms with van der Waals surface area (Å²) in [5, 5.41) is 12.5. The standard InChI is InChI=1S/C24H47NO2.C6H10O3/c1-3-5-7-9-10-11-12-13-14-15-16-18-20-22-24(27)25-23(26)21-19-17-8-6-4-2;1-2-9-6(8)4-3-5-7/h20,22,24,27H,3-19,21H2,1-2H3,(H,25,26);5H,2-4H2,1H3/b22-20+;. The summed E-state index contributed by atoms with van der Waals surface area (Å²) >= 11 is 0. The van der Waals surface area contributed by atoms with Crippen molar-refractivity contribution < 1.29 is 24.2 Å². The van der Waals surface area contributed by atoms with E-state index in [4.69, 9.17) is 0 Å². The van der Waals surface area contributed by atoms with Gasteiger partial charge in [-0.05, 0) is 32.3 Å². The van der Waals surface area contributed by atoms with E-state index in [0.717, 1.165) is 19.3 Å². The maximum absolute atomic E-state index is 11.7. The molecule has 0 spiro atoms. The molecule has 0 bridgehead atoms. The van der Waals surface area contributed by atoms with Crippen LogP contribution in [-0.2, 0) is 19.1 Å². The van der Waals surface area contributed by atoms with Crippen molar-refractivity contribution in [1.82, 2.24) is 5.32 Å². The third kappa shape index (κ3) is 32.3. The third-order valence-corrected chi connectivity index (χ3v) is 5.88. The number of hydrogen-bond donors (Lipinski definition) is 2. The lowest BCUT2D eigenvalue weighted by atomic mass is 10.1. The van der Waals surface area contributed by atoms with Crippen molar-refractivity contribution >= 4 is 18.2 Å². The number of aliphatic hydroxyl groups is 1. The Balaban J connectivity index is 0. The molecule has 0 aliphatic rings. The maximum Gasteiger partial charge on any atom is 0.306 e. The SMILES string of the molecule is CCCCCCCCCCCCC/C=C/C(O)NC(=O)CCCCCCC.CCOC(=O)CCC=O. The first-order valence-corrected chi connectivity index (χ1v) is 14.7. The molecule has 1 unspecified atom stereocenters. The van der Waals surface area contributed by atoms with Gasteiger partial charge in [-0.15, -0.1) is 0 Å². The molecular formula is C30H57NO5. The topological polar surface area (TPSA) is 92.7 Å². The van der Waals surface area contributed by atoms with Gasteiger partial charge >= 0.3 is 5.97 Å². The second-order valence-corrected chi connectivity index (χ2v) is 9.44. The Kier molecular flexibility index (Phi) is 31.7. The molecule has 2 N–H and O–H groups in total. The number of aldehydes is 1. The van der Waals surface area contributed by atoms with Crippen molar-refractivity contribution in [2.75, 3.05) is 6.61 Å². The van der Waals surface area contributed by atoms with Crippen LogP contribution in [0.4, 0.5) is 0 Å². The van der Waals surface area contributed by atoms with Crippen LogP contribution in [0.1, 0.15) is 149 Å². The number of unbranched alkanes of at least 4 members (excludes halogenated alkanes) is 15. The van der Waals surface area contributed by atoms with E-state index in [2.05, 4.69) is 23.9 Å². The maximum atomic E-state index is 11.7. The van der Waals surface area contributed by atoms with Crippen LogP contribution in [0.5, 0.6) is 0 Å². The van der Waals surface area contributed by atoms with Crippen LogP contribution < -0.4 is 5.32 Å². The van der Waals surface area contributed by atoms with Crippen LogP contribution in [-0.4, -0.2) is 36.1 Å². The molecule has 0 fully saturated rings. The third-order valence-electron chi connectivity index (χ3n) is 5.88. The summed E-state index contributed by atoms with van der Waals surface area (Å²) in [4.78, 5) is 31.8. The lowest BCUT2D eigenvalue weighted by molar-refractivity contribution is -0.143. The first kappa shape index (κ1) is 36.5. The number of amides is 1. The first-order valence-electron chi connectivity index (χ1n) is 14.7. The fourth-order valence-electron chi connectivity index (χ4n) is 3.74. The number of aliphatic hydroxyl groups excluding tert-OH is 1. The number of ether oxygens (including phenoxy) is 1. The molecule has 0 heterocycles. The van der Waals surface area contributed by atoms with Crippen LogP contribution in [0.2, 0.25) is 0 Å². The van der Waals surface area contributed by atoms with E-state index in [-0.39, 0.29) is 24.7 Å².